The van der Waals surface area contributed by atoms with Crippen LogP contribution in [0.3, 0.4) is 0 Å². The van der Waals surface area contributed by atoms with E-state index in [0.29, 0.717) is 30.8 Å². The molecular weight excluding hydrogens is 242 g/mol. The first-order chi connectivity index (χ1) is 9.29. The summed E-state index contributed by atoms with van der Waals surface area (Å²) in [6, 6.07) is 5.43. The van der Waals surface area contributed by atoms with E-state index in [0.717, 1.165) is 12.2 Å². The van der Waals surface area contributed by atoms with Gasteiger partial charge >= 0.3 is 0 Å². The van der Waals surface area contributed by atoms with Gasteiger partial charge in [0.1, 0.15) is 11.5 Å². The maximum atomic E-state index is 12.0. The molecule has 0 saturated heterocycles. The lowest BCUT2D eigenvalue weighted by atomic mass is 10.1. The molecule has 0 amide bonds. The molecular formula is C15H17NO3. The minimum atomic E-state index is 0.0471. The van der Waals surface area contributed by atoms with Gasteiger partial charge in [0.2, 0.25) is 0 Å². The summed E-state index contributed by atoms with van der Waals surface area (Å²) < 4.78 is 10.7. The molecule has 0 atom stereocenters. The number of carbonyl (C=O) groups is 1. The Bertz CT molecular complexity index is 520. The zero-order valence-corrected chi connectivity index (χ0v) is 11.0. The predicted octanol–water partition coefficient (Wildman–Crippen LogP) is 3.28. The third-order valence-electron chi connectivity index (χ3n) is 2.69. The number of ether oxygens (including phenoxy) is 1. The molecule has 0 fully saturated rings. The molecule has 0 N–H and O–H groups in total. The fourth-order valence-corrected chi connectivity index (χ4v) is 1.71. The van der Waals surface area contributed by atoms with E-state index in [1.807, 2.05) is 19.1 Å². The molecule has 0 spiro atoms. The van der Waals surface area contributed by atoms with Gasteiger partial charge in [-0.3, -0.25) is 9.78 Å². The van der Waals surface area contributed by atoms with Crippen LogP contribution in [-0.2, 0) is 6.42 Å². The van der Waals surface area contributed by atoms with Crippen molar-refractivity contribution in [2.45, 2.75) is 26.2 Å². The number of furan rings is 1. The normalized spacial score (nSPS) is 10.4. The van der Waals surface area contributed by atoms with Crippen molar-refractivity contribution >= 4 is 5.78 Å². The van der Waals surface area contributed by atoms with Crippen molar-refractivity contribution in [3.8, 4) is 5.75 Å². The summed E-state index contributed by atoms with van der Waals surface area (Å²) in [6.45, 7) is 2.66. The summed E-state index contributed by atoms with van der Waals surface area (Å²) in [6.07, 6.45) is 6.75. The fourth-order valence-electron chi connectivity index (χ4n) is 1.71. The molecule has 4 nitrogen and oxygen atoms in total. The van der Waals surface area contributed by atoms with E-state index in [1.54, 1.807) is 24.7 Å². The second-order valence-electron chi connectivity index (χ2n) is 4.26. The van der Waals surface area contributed by atoms with Gasteiger partial charge in [-0.15, -0.1) is 0 Å². The quantitative estimate of drug-likeness (QED) is 0.716. The standard InChI is InChI=1S/C15H17NO3/c1-2-7-18-14-9-12(10-16-11-14)15(17)6-5-13-4-3-8-19-13/h3-4,8-11H,2,5-7H2,1H3. The van der Waals surface area contributed by atoms with Crippen LogP contribution in [0.15, 0.2) is 41.3 Å². The SMILES string of the molecule is CCCOc1cncc(C(=O)CCc2ccco2)c1. The number of rotatable bonds is 7. The van der Waals surface area contributed by atoms with Gasteiger partial charge < -0.3 is 9.15 Å². The Morgan fingerprint density at radius 3 is 3.05 bits per heavy atom. The summed E-state index contributed by atoms with van der Waals surface area (Å²) >= 11 is 0. The molecule has 2 aromatic rings. The van der Waals surface area contributed by atoms with Crippen molar-refractivity contribution in [2.75, 3.05) is 6.61 Å². The first kappa shape index (κ1) is 13.3. The van der Waals surface area contributed by atoms with E-state index in [1.165, 1.54) is 0 Å². The zero-order chi connectivity index (χ0) is 13.5. The Kier molecular flexibility index (Phi) is 4.72. The largest absolute Gasteiger partial charge is 0.492 e. The van der Waals surface area contributed by atoms with Gasteiger partial charge in [0.25, 0.3) is 0 Å². The van der Waals surface area contributed by atoms with Gasteiger partial charge in [-0.2, -0.15) is 0 Å². The molecule has 4 heteroatoms. The molecule has 0 radical (unpaired) electrons. The van der Waals surface area contributed by atoms with Crippen molar-refractivity contribution in [2.24, 2.45) is 0 Å². The van der Waals surface area contributed by atoms with Gasteiger partial charge in [0.05, 0.1) is 19.1 Å². The van der Waals surface area contributed by atoms with Crippen LogP contribution in [0.25, 0.3) is 0 Å². The lowest BCUT2D eigenvalue weighted by molar-refractivity contribution is 0.0980. The van der Waals surface area contributed by atoms with E-state index < -0.39 is 0 Å². The Balaban J connectivity index is 1.94. The number of pyridine rings is 1. The van der Waals surface area contributed by atoms with Crippen LogP contribution >= 0.6 is 0 Å². The molecule has 0 bridgehead atoms. The Morgan fingerprint density at radius 1 is 1.42 bits per heavy atom. The van der Waals surface area contributed by atoms with Crippen LogP contribution in [0, 0.1) is 0 Å². The van der Waals surface area contributed by atoms with E-state index in [9.17, 15) is 4.79 Å². The summed E-state index contributed by atoms with van der Waals surface area (Å²) in [4.78, 5) is 16.1. The highest BCUT2D eigenvalue weighted by atomic mass is 16.5. The first-order valence-corrected chi connectivity index (χ1v) is 6.43. The van der Waals surface area contributed by atoms with Gasteiger partial charge in [0, 0.05) is 24.6 Å². The maximum Gasteiger partial charge on any atom is 0.165 e. The average Bonchev–Trinajstić information content (AvgIpc) is 2.96. The minimum absolute atomic E-state index is 0.0471. The lowest BCUT2D eigenvalue weighted by Crippen LogP contribution is -2.03. The van der Waals surface area contributed by atoms with E-state index >= 15 is 0 Å². The molecule has 0 unspecified atom stereocenters. The van der Waals surface area contributed by atoms with Crippen LogP contribution in [0.5, 0.6) is 5.75 Å². The van der Waals surface area contributed by atoms with Crippen LogP contribution in [0.1, 0.15) is 35.9 Å². The molecule has 0 aromatic carbocycles. The number of nitrogens with zero attached hydrogens (tertiary/aromatic N) is 1. The van der Waals surface area contributed by atoms with Crippen molar-refractivity contribution in [3.05, 3.63) is 48.2 Å². The second kappa shape index (κ2) is 6.73. The maximum absolute atomic E-state index is 12.0. The molecule has 0 aliphatic heterocycles. The molecule has 100 valence electrons. The van der Waals surface area contributed by atoms with Crippen LogP contribution in [0.4, 0.5) is 0 Å². The Hall–Kier alpha value is -2.10. The number of hydrogen-bond donors (Lipinski definition) is 0. The van der Waals surface area contributed by atoms with Crippen LogP contribution < -0.4 is 4.74 Å². The average molecular weight is 259 g/mol. The minimum Gasteiger partial charge on any atom is -0.492 e. The highest BCUT2D eigenvalue weighted by Gasteiger charge is 2.09. The second-order valence-corrected chi connectivity index (χ2v) is 4.26. The molecule has 19 heavy (non-hydrogen) atoms. The van der Waals surface area contributed by atoms with Gasteiger partial charge in [-0.25, -0.2) is 0 Å². The molecule has 2 heterocycles. The summed E-state index contributed by atoms with van der Waals surface area (Å²) in [5, 5.41) is 0. The highest BCUT2D eigenvalue weighted by Crippen LogP contribution is 2.14. The van der Waals surface area contributed by atoms with Crippen LogP contribution in [0.2, 0.25) is 0 Å². The third-order valence-corrected chi connectivity index (χ3v) is 2.69. The highest BCUT2D eigenvalue weighted by molar-refractivity contribution is 5.96. The number of aryl methyl sites for hydroxylation is 1. The number of aromatic nitrogens is 1. The summed E-state index contributed by atoms with van der Waals surface area (Å²) in [5.74, 6) is 1.51. The molecule has 2 aromatic heterocycles. The lowest BCUT2D eigenvalue weighted by Gasteiger charge is -2.05. The Labute approximate surface area is 112 Å². The first-order valence-electron chi connectivity index (χ1n) is 6.43. The zero-order valence-electron chi connectivity index (χ0n) is 11.0. The van der Waals surface area contributed by atoms with Crippen molar-refractivity contribution in [1.29, 1.82) is 0 Å². The van der Waals surface area contributed by atoms with Crippen LogP contribution in [-0.4, -0.2) is 17.4 Å². The van der Waals surface area contributed by atoms with Crippen molar-refractivity contribution in [1.82, 2.24) is 4.98 Å². The number of hydrogen-bond acceptors (Lipinski definition) is 4. The summed E-state index contributed by atoms with van der Waals surface area (Å²) in [5.41, 5.74) is 0.583. The molecule has 2 rings (SSSR count). The van der Waals surface area contributed by atoms with Gasteiger partial charge in [-0.1, -0.05) is 6.92 Å². The number of Topliss-reactive ketones (excluding diaryl/α,β-unsaturated/α-hetero) is 1. The molecule has 0 saturated carbocycles. The smallest absolute Gasteiger partial charge is 0.165 e. The molecule has 0 aliphatic rings. The molecule has 0 aliphatic carbocycles. The topological polar surface area (TPSA) is 52.3 Å². The van der Waals surface area contributed by atoms with E-state index in [-0.39, 0.29) is 5.78 Å². The fraction of sp³-hybridized carbons (Fsp3) is 0.333. The van der Waals surface area contributed by atoms with Gasteiger partial charge in [-0.05, 0) is 24.6 Å². The number of ketones is 1. The van der Waals surface area contributed by atoms with Crippen molar-refractivity contribution < 1.29 is 13.9 Å². The number of carbonyl (C=O) groups excluding carboxylic acids is 1. The summed E-state index contributed by atoms with van der Waals surface area (Å²) in [7, 11) is 0. The third kappa shape index (κ3) is 3.95. The predicted molar refractivity (Wildman–Crippen MR) is 71.4 cm³/mol. The Morgan fingerprint density at radius 2 is 2.32 bits per heavy atom. The van der Waals surface area contributed by atoms with Crippen molar-refractivity contribution in [3.63, 3.8) is 0 Å². The van der Waals surface area contributed by atoms with E-state index in [2.05, 4.69) is 4.98 Å². The monoisotopic (exact) mass is 259 g/mol. The van der Waals surface area contributed by atoms with E-state index in [4.69, 9.17) is 9.15 Å². The van der Waals surface area contributed by atoms with Gasteiger partial charge in [0.15, 0.2) is 5.78 Å².